The largest absolute Gasteiger partial charge is 1.00 e. The maximum absolute atomic E-state index is 12.1. The summed E-state index contributed by atoms with van der Waals surface area (Å²) in [4.78, 5) is 12.1. The van der Waals surface area contributed by atoms with Crippen LogP contribution in [-0.2, 0) is 16.6 Å². The van der Waals surface area contributed by atoms with Gasteiger partial charge in [-0.1, -0.05) is 18.2 Å². The van der Waals surface area contributed by atoms with E-state index in [-0.39, 0.29) is 22.4 Å². The van der Waals surface area contributed by atoms with Crippen LogP contribution in [0.1, 0.15) is 42.4 Å². The first-order valence-electron chi connectivity index (χ1n) is 7.65. The Hall–Kier alpha value is -0.670. The lowest BCUT2D eigenvalue weighted by Gasteiger charge is -2.53. The van der Waals surface area contributed by atoms with Crippen LogP contribution in [0.3, 0.4) is 0 Å². The van der Waals surface area contributed by atoms with Gasteiger partial charge in [0, 0.05) is 37.0 Å². The Morgan fingerprint density at radius 2 is 2.20 bits per heavy atom. The fourth-order valence-electron chi connectivity index (χ4n) is 5.11. The Kier molecular flexibility index (Phi) is 3.54. The average molecular weight is 336 g/mol. The highest BCUT2D eigenvalue weighted by Gasteiger charge is 2.55. The van der Waals surface area contributed by atoms with Gasteiger partial charge in [-0.05, 0) is 30.0 Å². The van der Waals surface area contributed by atoms with Gasteiger partial charge in [0.2, 0.25) is 0 Å². The Morgan fingerprint density at radius 1 is 1.35 bits per heavy atom. The number of aryl methyl sites for hydroxylation is 1. The van der Waals surface area contributed by atoms with Crippen molar-refractivity contribution < 1.29 is 27.1 Å². The van der Waals surface area contributed by atoms with E-state index < -0.39 is 0 Å². The average Bonchev–Trinajstić information content (AvgIpc) is 2.39. The van der Waals surface area contributed by atoms with Crippen LogP contribution in [0.2, 0.25) is 0 Å². The van der Waals surface area contributed by atoms with Gasteiger partial charge in [0.25, 0.3) is 0 Å². The molecule has 0 aromatic heterocycles. The topological polar surface area (TPSA) is 33.7 Å². The van der Waals surface area contributed by atoms with Crippen molar-refractivity contribution in [2.75, 3.05) is 6.54 Å². The summed E-state index contributed by atoms with van der Waals surface area (Å²) < 4.78 is 0. The molecule has 1 aliphatic heterocycles. The summed E-state index contributed by atoms with van der Waals surface area (Å²) in [5.74, 6) is 1.22. The first-order chi connectivity index (χ1) is 9.21. The summed E-state index contributed by atoms with van der Waals surface area (Å²) in [6.07, 6.45) is 5.14. The third-order valence-electron chi connectivity index (χ3n) is 5.92. The van der Waals surface area contributed by atoms with Crippen molar-refractivity contribution in [3.8, 4) is 0 Å². The second-order valence-electron chi connectivity index (χ2n) is 6.76. The van der Waals surface area contributed by atoms with E-state index in [1.807, 2.05) is 0 Å². The standard InChI is InChI=1S/C17H21NO.BrH/c1-11-3-2-4-14-13(11)9-16-15-6-5-12(19)10-17(14,15)7-8-18-16;/h2-4,15-16,18H,5-10H2,1H3;1H/t15-,16+,17+;/m0./s1. The fourth-order valence-corrected chi connectivity index (χ4v) is 5.11. The highest BCUT2D eigenvalue weighted by Crippen LogP contribution is 2.51. The van der Waals surface area contributed by atoms with Crippen molar-refractivity contribution in [1.82, 2.24) is 0 Å². The molecule has 1 aromatic carbocycles. The van der Waals surface area contributed by atoms with Gasteiger partial charge in [-0.3, -0.25) is 4.79 Å². The van der Waals surface area contributed by atoms with Crippen molar-refractivity contribution in [3.05, 3.63) is 34.9 Å². The third-order valence-corrected chi connectivity index (χ3v) is 5.92. The molecular formula is C17H22BrNO. The summed E-state index contributed by atoms with van der Waals surface area (Å²) in [7, 11) is 0. The molecule has 1 heterocycles. The number of fused-ring (bicyclic) bond motifs is 1. The smallest absolute Gasteiger partial charge is 0.133 e. The quantitative estimate of drug-likeness (QED) is 0.615. The number of carbonyl (C=O) groups is 1. The van der Waals surface area contributed by atoms with Crippen molar-refractivity contribution in [3.63, 3.8) is 0 Å². The van der Waals surface area contributed by atoms with Crippen molar-refractivity contribution in [2.24, 2.45) is 5.92 Å². The molecular weight excluding hydrogens is 314 g/mol. The maximum Gasteiger partial charge on any atom is 0.133 e. The van der Waals surface area contributed by atoms with Crippen molar-refractivity contribution in [2.45, 2.75) is 50.5 Å². The number of carbonyl (C=O) groups excluding carboxylic acids is 1. The lowest BCUT2D eigenvalue weighted by Crippen LogP contribution is -3.00. The highest BCUT2D eigenvalue weighted by atomic mass is 79.9. The lowest BCUT2D eigenvalue weighted by molar-refractivity contribution is -0.710. The number of rotatable bonds is 0. The van der Waals surface area contributed by atoms with E-state index >= 15 is 0 Å². The molecule has 3 heteroatoms. The van der Waals surface area contributed by atoms with E-state index in [0.717, 1.165) is 31.2 Å². The van der Waals surface area contributed by atoms with E-state index in [1.165, 1.54) is 30.5 Å². The van der Waals surface area contributed by atoms with Gasteiger partial charge in [-0.2, -0.15) is 0 Å². The second-order valence-corrected chi connectivity index (χ2v) is 6.76. The number of Topliss-reactive ketones (excluding diaryl/α,β-unsaturated/α-hetero) is 1. The molecule has 2 aliphatic carbocycles. The minimum absolute atomic E-state index is 0. The molecule has 1 saturated carbocycles. The molecule has 3 aliphatic rings. The number of ketones is 1. The number of halogens is 1. The molecule has 1 aromatic rings. The first kappa shape index (κ1) is 14.3. The summed E-state index contributed by atoms with van der Waals surface area (Å²) in [5, 5.41) is 2.55. The number of benzene rings is 1. The predicted octanol–water partition coefficient (Wildman–Crippen LogP) is -1.50. The Morgan fingerprint density at radius 3 is 3.05 bits per heavy atom. The zero-order valence-corrected chi connectivity index (χ0v) is 13.6. The van der Waals surface area contributed by atoms with Gasteiger partial charge in [-0.15, -0.1) is 0 Å². The summed E-state index contributed by atoms with van der Waals surface area (Å²) in [5.41, 5.74) is 4.69. The molecule has 2 N–H and O–H groups in total. The van der Waals surface area contributed by atoms with E-state index in [2.05, 4.69) is 30.4 Å². The summed E-state index contributed by atoms with van der Waals surface area (Å²) in [6, 6.07) is 7.46. The Balaban J connectivity index is 0.00000121. The molecule has 0 spiro atoms. The SMILES string of the molecule is Cc1cccc2c1C[C@H]1[NH2+]CC[C@@]23CC(=O)CC[C@@H]13.[Br-]. The monoisotopic (exact) mass is 335 g/mol. The molecule has 2 bridgehead atoms. The molecule has 108 valence electrons. The normalized spacial score (nSPS) is 34.8. The number of quaternary nitrogens is 1. The molecule has 3 atom stereocenters. The van der Waals surface area contributed by atoms with Gasteiger partial charge in [0.15, 0.2) is 0 Å². The third kappa shape index (κ3) is 1.82. The van der Waals surface area contributed by atoms with Crippen molar-refractivity contribution >= 4 is 5.78 Å². The van der Waals surface area contributed by atoms with E-state index in [4.69, 9.17) is 0 Å². The second kappa shape index (κ2) is 4.96. The van der Waals surface area contributed by atoms with Gasteiger partial charge < -0.3 is 22.3 Å². The summed E-state index contributed by atoms with van der Waals surface area (Å²) in [6.45, 7) is 3.43. The van der Waals surface area contributed by atoms with Crippen molar-refractivity contribution in [1.29, 1.82) is 0 Å². The number of piperidine rings is 1. The lowest BCUT2D eigenvalue weighted by atomic mass is 9.52. The number of hydrogen-bond donors (Lipinski definition) is 1. The van der Waals surface area contributed by atoms with Crippen LogP contribution >= 0.6 is 0 Å². The van der Waals surface area contributed by atoms with Crippen LogP contribution in [0.15, 0.2) is 18.2 Å². The maximum atomic E-state index is 12.1. The van der Waals surface area contributed by atoms with Crippen LogP contribution in [0, 0.1) is 12.8 Å². The Bertz CT molecular complexity index is 556. The predicted molar refractivity (Wildman–Crippen MR) is 74.1 cm³/mol. The molecule has 4 rings (SSSR count). The molecule has 0 amide bonds. The van der Waals surface area contributed by atoms with Crippen LogP contribution in [0.4, 0.5) is 0 Å². The molecule has 2 nitrogen and oxygen atoms in total. The molecule has 2 fully saturated rings. The number of hydrogen-bond acceptors (Lipinski definition) is 1. The molecule has 0 radical (unpaired) electrons. The van der Waals surface area contributed by atoms with E-state index in [0.29, 0.717) is 5.78 Å². The van der Waals surface area contributed by atoms with Gasteiger partial charge >= 0.3 is 0 Å². The molecule has 1 saturated heterocycles. The molecule has 0 unspecified atom stereocenters. The Labute approximate surface area is 131 Å². The van der Waals surface area contributed by atoms with Crippen LogP contribution in [0.25, 0.3) is 0 Å². The molecule has 20 heavy (non-hydrogen) atoms. The van der Waals surface area contributed by atoms with Gasteiger partial charge in [0.1, 0.15) is 5.78 Å². The van der Waals surface area contributed by atoms with Crippen LogP contribution in [-0.4, -0.2) is 18.4 Å². The number of nitrogens with two attached hydrogens (primary N) is 1. The van der Waals surface area contributed by atoms with E-state index in [1.54, 1.807) is 5.56 Å². The van der Waals surface area contributed by atoms with Crippen LogP contribution in [0.5, 0.6) is 0 Å². The minimum atomic E-state index is 0. The van der Waals surface area contributed by atoms with E-state index in [9.17, 15) is 4.79 Å². The summed E-state index contributed by atoms with van der Waals surface area (Å²) >= 11 is 0. The van der Waals surface area contributed by atoms with Crippen LogP contribution < -0.4 is 22.3 Å². The van der Waals surface area contributed by atoms with Gasteiger partial charge in [-0.25, -0.2) is 0 Å². The van der Waals surface area contributed by atoms with Gasteiger partial charge in [0.05, 0.1) is 12.6 Å². The highest BCUT2D eigenvalue weighted by molar-refractivity contribution is 5.81. The zero-order chi connectivity index (χ0) is 13.0. The minimum Gasteiger partial charge on any atom is -1.00 e. The zero-order valence-electron chi connectivity index (χ0n) is 12.0. The first-order valence-corrected chi connectivity index (χ1v) is 7.65. The fraction of sp³-hybridized carbons (Fsp3) is 0.588.